The summed E-state index contributed by atoms with van der Waals surface area (Å²) < 4.78 is 6.48. The van der Waals surface area contributed by atoms with Crippen LogP contribution in [-0.4, -0.2) is 33.9 Å². The van der Waals surface area contributed by atoms with Gasteiger partial charge in [0.15, 0.2) is 0 Å². The first-order chi connectivity index (χ1) is 10.4. The number of amides is 1. The second kappa shape index (κ2) is 6.40. The number of aryl methyl sites for hydroxylation is 2. The SMILES string of the molecule is COCc1cc(NC(=O)c2cc(C)nn2C)cc(C(=O)O)c1. The Kier molecular flexibility index (Phi) is 4.57. The van der Waals surface area contributed by atoms with Crippen LogP contribution < -0.4 is 5.32 Å². The van der Waals surface area contributed by atoms with E-state index < -0.39 is 5.97 Å². The molecule has 0 unspecified atom stereocenters. The fourth-order valence-corrected chi connectivity index (χ4v) is 2.16. The zero-order valence-electron chi connectivity index (χ0n) is 12.6. The van der Waals surface area contributed by atoms with E-state index in [2.05, 4.69) is 10.4 Å². The predicted octanol–water partition coefficient (Wildman–Crippen LogP) is 1.83. The van der Waals surface area contributed by atoms with Crippen molar-refractivity contribution in [1.82, 2.24) is 9.78 Å². The van der Waals surface area contributed by atoms with Gasteiger partial charge in [0.05, 0.1) is 17.9 Å². The van der Waals surface area contributed by atoms with Gasteiger partial charge in [-0.15, -0.1) is 0 Å². The Labute approximate surface area is 127 Å². The lowest BCUT2D eigenvalue weighted by Gasteiger charge is -2.09. The molecule has 2 N–H and O–H groups in total. The molecule has 7 heteroatoms. The lowest BCUT2D eigenvalue weighted by molar-refractivity contribution is 0.0696. The molecular formula is C15H17N3O4. The summed E-state index contributed by atoms with van der Waals surface area (Å²) in [6.07, 6.45) is 0. The summed E-state index contributed by atoms with van der Waals surface area (Å²) in [5, 5.41) is 15.9. The fraction of sp³-hybridized carbons (Fsp3) is 0.267. The summed E-state index contributed by atoms with van der Waals surface area (Å²) in [4.78, 5) is 23.4. The van der Waals surface area contributed by atoms with Gasteiger partial charge < -0.3 is 15.2 Å². The van der Waals surface area contributed by atoms with Crippen LogP contribution in [0.2, 0.25) is 0 Å². The van der Waals surface area contributed by atoms with Gasteiger partial charge in [-0.25, -0.2) is 4.79 Å². The highest BCUT2D eigenvalue weighted by Gasteiger charge is 2.14. The van der Waals surface area contributed by atoms with Crippen molar-refractivity contribution < 1.29 is 19.4 Å². The van der Waals surface area contributed by atoms with Crippen LogP contribution in [0.15, 0.2) is 24.3 Å². The minimum absolute atomic E-state index is 0.0889. The lowest BCUT2D eigenvalue weighted by Crippen LogP contribution is -2.16. The minimum atomic E-state index is -1.06. The largest absolute Gasteiger partial charge is 0.478 e. The Morgan fingerprint density at radius 1 is 1.32 bits per heavy atom. The van der Waals surface area contributed by atoms with E-state index in [1.165, 1.54) is 23.9 Å². The number of anilines is 1. The van der Waals surface area contributed by atoms with Crippen molar-refractivity contribution in [2.24, 2.45) is 7.05 Å². The molecule has 2 rings (SSSR count). The molecule has 0 fully saturated rings. The molecule has 0 aliphatic rings. The lowest BCUT2D eigenvalue weighted by atomic mass is 10.1. The number of carbonyl (C=O) groups excluding carboxylic acids is 1. The van der Waals surface area contributed by atoms with E-state index in [0.717, 1.165) is 5.69 Å². The number of hydrogen-bond acceptors (Lipinski definition) is 4. The second-order valence-corrected chi connectivity index (χ2v) is 4.91. The van der Waals surface area contributed by atoms with Crippen molar-refractivity contribution in [1.29, 1.82) is 0 Å². The molecule has 0 aliphatic heterocycles. The third-order valence-corrected chi connectivity index (χ3v) is 3.04. The molecule has 0 radical (unpaired) electrons. The molecule has 1 heterocycles. The van der Waals surface area contributed by atoms with Gasteiger partial charge in [0, 0.05) is 19.8 Å². The van der Waals surface area contributed by atoms with Gasteiger partial charge in [0.1, 0.15) is 5.69 Å². The number of hydrogen-bond donors (Lipinski definition) is 2. The molecule has 0 aliphatic carbocycles. The number of aromatic carboxylic acids is 1. The standard InChI is InChI=1S/C15H17N3O4/c1-9-4-13(18(2)17-9)14(19)16-12-6-10(8-22-3)5-11(7-12)15(20)21/h4-7H,8H2,1-3H3,(H,16,19)(H,20,21). The van der Waals surface area contributed by atoms with E-state index in [1.54, 1.807) is 26.1 Å². The van der Waals surface area contributed by atoms with Crippen molar-refractivity contribution in [3.05, 3.63) is 46.8 Å². The van der Waals surface area contributed by atoms with Gasteiger partial charge in [-0.3, -0.25) is 9.48 Å². The number of benzene rings is 1. The molecule has 0 bridgehead atoms. The van der Waals surface area contributed by atoms with Crippen molar-refractivity contribution >= 4 is 17.6 Å². The van der Waals surface area contributed by atoms with Crippen LogP contribution in [0.4, 0.5) is 5.69 Å². The Bertz CT molecular complexity index is 722. The summed E-state index contributed by atoms with van der Waals surface area (Å²) in [5.41, 5.74) is 2.28. The van der Waals surface area contributed by atoms with Crippen LogP contribution >= 0.6 is 0 Å². The zero-order valence-corrected chi connectivity index (χ0v) is 12.6. The monoisotopic (exact) mass is 303 g/mol. The molecule has 1 aromatic carbocycles. The maximum atomic E-state index is 12.2. The Morgan fingerprint density at radius 2 is 2.05 bits per heavy atom. The quantitative estimate of drug-likeness (QED) is 0.879. The average Bonchev–Trinajstić information content (AvgIpc) is 2.78. The maximum Gasteiger partial charge on any atom is 0.335 e. The number of methoxy groups -OCH3 is 1. The van der Waals surface area contributed by atoms with Crippen molar-refractivity contribution in [2.75, 3.05) is 12.4 Å². The Hall–Kier alpha value is -2.67. The van der Waals surface area contributed by atoms with E-state index in [0.29, 0.717) is 16.9 Å². The number of carboxylic acids is 1. The number of nitrogens with zero attached hydrogens (tertiary/aromatic N) is 2. The summed E-state index contributed by atoms with van der Waals surface area (Å²) in [6, 6.07) is 6.25. The van der Waals surface area contributed by atoms with Crippen LogP contribution in [0.1, 0.15) is 32.1 Å². The van der Waals surface area contributed by atoms with Gasteiger partial charge in [-0.2, -0.15) is 5.10 Å². The van der Waals surface area contributed by atoms with E-state index >= 15 is 0 Å². The molecule has 0 atom stereocenters. The van der Waals surface area contributed by atoms with E-state index in [-0.39, 0.29) is 18.1 Å². The number of aromatic nitrogens is 2. The Morgan fingerprint density at radius 3 is 2.59 bits per heavy atom. The molecule has 1 amide bonds. The maximum absolute atomic E-state index is 12.2. The summed E-state index contributed by atoms with van der Waals surface area (Å²) in [7, 11) is 3.19. The first kappa shape index (κ1) is 15.7. The molecule has 0 saturated carbocycles. The molecule has 0 spiro atoms. The zero-order chi connectivity index (χ0) is 16.3. The molecule has 7 nitrogen and oxygen atoms in total. The summed E-state index contributed by atoms with van der Waals surface area (Å²) in [5.74, 6) is -1.42. The average molecular weight is 303 g/mol. The molecule has 1 aromatic heterocycles. The second-order valence-electron chi connectivity index (χ2n) is 4.91. The molecule has 22 heavy (non-hydrogen) atoms. The van der Waals surface area contributed by atoms with Gasteiger partial charge in [0.2, 0.25) is 0 Å². The van der Waals surface area contributed by atoms with E-state index in [4.69, 9.17) is 9.84 Å². The third kappa shape index (κ3) is 3.50. The van der Waals surface area contributed by atoms with Crippen LogP contribution in [0, 0.1) is 6.92 Å². The number of ether oxygens (including phenoxy) is 1. The van der Waals surface area contributed by atoms with Gasteiger partial charge >= 0.3 is 5.97 Å². The van der Waals surface area contributed by atoms with Gasteiger partial charge in [-0.05, 0) is 36.8 Å². The van der Waals surface area contributed by atoms with Crippen LogP contribution in [-0.2, 0) is 18.4 Å². The molecule has 116 valence electrons. The third-order valence-electron chi connectivity index (χ3n) is 3.04. The normalized spacial score (nSPS) is 10.5. The summed E-state index contributed by atoms with van der Waals surface area (Å²) in [6.45, 7) is 2.05. The van der Waals surface area contributed by atoms with E-state index in [1.807, 2.05) is 0 Å². The van der Waals surface area contributed by atoms with Crippen molar-refractivity contribution in [2.45, 2.75) is 13.5 Å². The van der Waals surface area contributed by atoms with Crippen LogP contribution in [0.25, 0.3) is 0 Å². The summed E-state index contributed by atoms with van der Waals surface area (Å²) >= 11 is 0. The fourth-order valence-electron chi connectivity index (χ4n) is 2.16. The van der Waals surface area contributed by atoms with E-state index in [9.17, 15) is 9.59 Å². The highest BCUT2D eigenvalue weighted by Crippen LogP contribution is 2.17. The number of carboxylic acid groups (broad SMARTS) is 1. The van der Waals surface area contributed by atoms with Gasteiger partial charge in [-0.1, -0.05) is 0 Å². The Balaban J connectivity index is 2.30. The first-order valence-electron chi connectivity index (χ1n) is 6.59. The minimum Gasteiger partial charge on any atom is -0.478 e. The predicted molar refractivity (Wildman–Crippen MR) is 80.0 cm³/mol. The highest BCUT2D eigenvalue weighted by atomic mass is 16.5. The van der Waals surface area contributed by atoms with Crippen LogP contribution in [0.3, 0.4) is 0 Å². The van der Waals surface area contributed by atoms with Crippen molar-refractivity contribution in [3.63, 3.8) is 0 Å². The molecular weight excluding hydrogens is 286 g/mol. The smallest absolute Gasteiger partial charge is 0.335 e. The highest BCUT2D eigenvalue weighted by molar-refractivity contribution is 6.03. The first-order valence-corrected chi connectivity index (χ1v) is 6.59. The molecule has 0 saturated heterocycles. The van der Waals surface area contributed by atoms with Crippen LogP contribution in [0.5, 0.6) is 0 Å². The number of rotatable bonds is 5. The van der Waals surface area contributed by atoms with Crippen molar-refractivity contribution in [3.8, 4) is 0 Å². The molecule has 2 aromatic rings. The topological polar surface area (TPSA) is 93.5 Å². The number of carbonyl (C=O) groups is 2. The number of nitrogens with one attached hydrogen (secondary N) is 1. The van der Waals surface area contributed by atoms with Gasteiger partial charge in [0.25, 0.3) is 5.91 Å².